The average molecular weight is 244 g/mol. The number of epoxide rings is 1. The van der Waals surface area contributed by atoms with E-state index >= 15 is 0 Å². The van der Waals surface area contributed by atoms with Gasteiger partial charge < -0.3 is 9.47 Å². The molecule has 1 atom stereocenters. The zero-order valence-corrected chi connectivity index (χ0v) is 9.80. The van der Waals surface area contributed by atoms with Crippen molar-refractivity contribution < 1.29 is 13.9 Å². The highest BCUT2D eigenvalue weighted by molar-refractivity contribution is 5.37. The van der Waals surface area contributed by atoms with Crippen LogP contribution in [0.5, 0.6) is 5.75 Å². The van der Waals surface area contributed by atoms with Crippen LogP contribution in [-0.4, -0.2) is 6.61 Å². The van der Waals surface area contributed by atoms with Gasteiger partial charge in [-0.15, -0.1) is 0 Å². The second kappa shape index (κ2) is 4.78. The van der Waals surface area contributed by atoms with Crippen LogP contribution in [0.25, 0.3) is 0 Å². The lowest BCUT2D eigenvalue weighted by molar-refractivity contribution is 0.296. The van der Waals surface area contributed by atoms with Crippen molar-refractivity contribution in [2.45, 2.75) is 12.7 Å². The molecule has 1 aliphatic heterocycles. The Kier molecular flexibility index (Phi) is 2.99. The van der Waals surface area contributed by atoms with Gasteiger partial charge in [-0.25, -0.2) is 4.39 Å². The van der Waals surface area contributed by atoms with Crippen LogP contribution in [0.3, 0.4) is 0 Å². The zero-order valence-electron chi connectivity index (χ0n) is 9.80. The Bertz CT molecular complexity index is 535. The fraction of sp³-hybridized carbons (Fsp3) is 0.200. The standard InChI is InChI=1S/C15H13FO2/c16-12-6-7-13(15-10-18-15)14(8-12)17-9-11-4-2-1-3-5-11/h1-8,15H,9-10H2. The van der Waals surface area contributed by atoms with E-state index < -0.39 is 0 Å². The molecular weight excluding hydrogens is 231 g/mol. The highest BCUT2D eigenvalue weighted by Gasteiger charge is 2.28. The van der Waals surface area contributed by atoms with Gasteiger partial charge in [-0.2, -0.15) is 0 Å². The molecule has 3 heteroatoms. The van der Waals surface area contributed by atoms with Crippen LogP contribution in [0.2, 0.25) is 0 Å². The molecule has 1 heterocycles. The lowest BCUT2D eigenvalue weighted by Gasteiger charge is -2.10. The third-order valence-electron chi connectivity index (χ3n) is 2.89. The fourth-order valence-corrected chi connectivity index (χ4v) is 1.86. The van der Waals surface area contributed by atoms with Gasteiger partial charge in [0, 0.05) is 11.6 Å². The minimum Gasteiger partial charge on any atom is -0.488 e. The van der Waals surface area contributed by atoms with E-state index in [1.807, 2.05) is 30.3 Å². The Labute approximate surface area is 105 Å². The van der Waals surface area contributed by atoms with E-state index in [9.17, 15) is 4.39 Å². The Hall–Kier alpha value is -1.87. The summed E-state index contributed by atoms with van der Waals surface area (Å²) >= 11 is 0. The van der Waals surface area contributed by atoms with Gasteiger partial charge in [0.25, 0.3) is 0 Å². The van der Waals surface area contributed by atoms with Crippen LogP contribution >= 0.6 is 0 Å². The smallest absolute Gasteiger partial charge is 0.128 e. The lowest BCUT2D eigenvalue weighted by atomic mass is 10.1. The molecule has 3 rings (SSSR count). The van der Waals surface area contributed by atoms with Gasteiger partial charge in [0.1, 0.15) is 24.3 Å². The third kappa shape index (κ3) is 2.51. The van der Waals surface area contributed by atoms with Crippen LogP contribution < -0.4 is 4.74 Å². The molecule has 1 aliphatic rings. The predicted molar refractivity (Wildman–Crippen MR) is 65.9 cm³/mol. The summed E-state index contributed by atoms with van der Waals surface area (Å²) in [6.07, 6.45) is 0.0661. The molecule has 0 radical (unpaired) electrons. The van der Waals surface area contributed by atoms with Gasteiger partial charge in [-0.3, -0.25) is 0 Å². The number of benzene rings is 2. The highest BCUT2D eigenvalue weighted by Crippen LogP contribution is 2.36. The molecular formula is C15H13FO2. The van der Waals surface area contributed by atoms with Crippen molar-refractivity contribution in [3.8, 4) is 5.75 Å². The summed E-state index contributed by atoms with van der Waals surface area (Å²) in [6, 6.07) is 14.4. The molecule has 0 aromatic heterocycles. The van der Waals surface area contributed by atoms with Gasteiger partial charge in [-0.05, 0) is 17.7 Å². The topological polar surface area (TPSA) is 21.8 Å². The van der Waals surface area contributed by atoms with Crippen molar-refractivity contribution in [2.75, 3.05) is 6.61 Å². The summed E-state index contributed by atoms with van der Waals surface area (Å²) in [5.74, 6) is 0.281. The maximum Gasteiger partial charge on any atom is 0.128 e. The fourth-order valence-electron chi connectivity index (χ4n) is 1.86. The first-order valence-corrected chi connectivity index (χ1v) is 5.91. The number of hydrogen-bond acceptors (Lipinski definition) is 2. The Morgan fingerprint density at radius 1 is 1.17 bits per heavy atom. The summed E-state index contributed by atoms with van der Waals surface area (Å²) in [5.41, 5.74) is 1.98. The van der Waals surface area contributed by atoms with Crippen molar-refractivity contribution in [1.29, 1.82) is 0 Å². The predicted octanol–water partition coefficient (Wildman–Crippen LogP) is 3.48. The van der Waals surface area contributed by atoms with Crippen molar-refractivity contribution >= 4 is 0 Å². The van der Waals surface area contributed by atoms with E-state index in [0.717, 1.165) is 11.1 Å². The normalized spacial score (nSPS) is 17.5. The van der Waals surface area contributed by atoms with Gasteiger partial charge in [0.05, 0.1) is 6.61 Å². The van der Waals surface area contributed by atoms with Crippen LogP contribution in [0.4, 0.5) is 4.39 Å². The summed E-state index contributed by atoms with van der Waals surface area (Å²) < 4.78 is 24.1. The van der Waals surface area contributed by atoms with Gasteiger partial charge in [0.2, 0.25) is 0 Å². The molecule has 2 aromatic carbocycles. The quantitative estimate of drug-likeness (QED) is 0.768. The number of ether oxygens (including phenoxy) is 2. The van der Waals surface area contributed by atoms with Gasteiger partial charge in [0.15, 0.2) is 0 Å². The molecule has 0 amide bonds. The first-order valence-electron chi connectivity index (χ1n) is 5.91. The molecule has 0 aliphatic carbocycles. The molecule has 0 spiro atoms. The van der Waals surface area contributed by atoms with E-state index in [4.69, 9.17) is 9.47 Å². The van der Waals surface area contributed by atoms with Crippen LogP contribution in [0, 0.1) is 5.82 Å². The molecule has 2 nitrogen and oxygen atoms in total. The molecule has 1 saturated heterocycles. The van der Waals surface area contributed by atoms with E-state index in [2.05, 4.69) is 0 Å². The van der Waals surface area contributed by atoms with Crippen LogP contribution in [0.1, 0.15) is 17.2 Å². The third-order valence-corrected chi connectivity index (χ3v) is 2.89. The first kappa shape index (κ1) is 11.2. The maximum atomic E-state index is 13.2. The lowest BCUT2D eigenvalue weighted by Crippen LogP contribution is -1.98. The summed E-state index contributed by atoms with van der Waals surface area (Å²) in [5, 5.41) is 0. The summed E-state index contributed by atoms with van der Waals surface area (Å²) in [6.45, 7) is 1.12. The van der Waals surface area contributed by atoms with E-state index in [1.54, 1.807) is 6.07 Å². The zero-order chi connectivity index (χ0) is 12.4. The second-order valence-electron chi connectivity index (χ2n) is 4.28. The molecule has 1 fully saturated rings. The average Bonchev–Trinajstić information content (AvgIpc) is 3.22. The Balaban J connectivity index is 1.77. The summed E-state index contributed by atoms with van der Waals surface area (Å²) in [4.78, 5) is 0. The number of halogens is 1. The second-order valence-corrected chi connectivity index (χ2v) is 4.28. The van der Waals surface area contributed by atoms with Crippen LogP contribution in [-0.2, 0) is 11.3 Å². The van der Waals surface area contributed by atoms with Crippen molar-refractivity contribution in [2.24, 2.45) is 0 Å². The SMILES string of the molecule is Fc1ccc(C2CO2)c(OCc2ccccc2)c1. The van der Waals surface area contributed by atoms with Crippen molar-refractivity contribution in [3.05, 3.63) is 65.5 Å². The Morgan fingerprint density at radius 3 is 2.67 bits per heavy atom. The maximum absolute atomic E-state index is 13.2. The molecule has 0 bridgehead atoms. The molecule has 0 N–H and O–H groups in total. The largest absolute Gasteiger partial charge is 0.488 e. The monoisotopic (exact) mass is 244 g/mol. The molecule has 2 aromatic rings. The minimum atomic E-state index is -0.289. The molecule has 18 heavy (non-hydrogen) atoms. The number of hydrogen-bond donors (Lipinski definition) is 0. The number of rotatable bonds is 4. The van der Waals surface area contributed by atoms with E-state index in [0.29, 0.717) is 19.0 Å². The Morgan fingerprint density at radius 2 is 1.94 bits per heavy atom. The van der Waals surface area contributed by atoms with E-state index in [1.165, 1.54) is 12.1 Å². The molecule has 1 unspecified atom stereocenters. The van der Waals surface area contributed by atoms with Crippen molar-refractivity contribution in [3.63, 3.8) is 0 Å². The van der Waals surface area contributed by atoms with E-state index in [-0.39, 0.29) is 11.9 Å². The minimum absolute atomic E-state index is 0.0661. The summed E-state index contributed by atoms with van der Waals surface area (Å²) in [7, 11) is 0. The van der Waals surface area contributed by atoms with Crippen molar-refractivity contribution in [1.82, 2.24) is 0 Å². The first-order chi connectivity index (χ1) is 8.83. The van der Waals surface area contributed by atoms with Gasteiger partial charge in [-0.1, -0.05) is 30.3 Å². The highest BCUT2D eigenvalue weighted by atomic mass is 19.1. The van der Waals surface area contributed by atoms with Crippen LogP contribution in [0.15, 0.2) is 48.5 Å². The van der Waals surface area contributed by atoms with Gasteiger partial charge >= 0.3 is 0 Å². The molecule has 0 saturated carbocycles. The molecule has 92 valence electrons.